The van der Waals surface area contributed by atoms with Crippen LogP contribution in [0.1, 0.15) is 42.1 Å². The van der Waals surface area contributed by atoms with Crippen LogP contribution in [0.3, 0.4) is 0 Å². The number of hydrogen-bond acceptors (Lipinski definition) is 5. The molecular formula is C16H12ClF2N5O3. The minimum Gasteiger partial charge on any atom is -0.323 e. The predicted octanol–water partition coefficient (Wildman–Crippen LogP) is 3.77. The molecule has 3 rings (SSSR count). The number of aromatic nitrogens is 2. The number of non-ortho nitro benzene ring substituents is 1. The smallest absolute Gasteiger partial charge is 0.283 e. The normalized spacial score (nSPS) is 13.4. The quantitative estimate of drug-likeness (QED) is 0.590. The molecular weight excluding hydrogens is 384 g/mol. The van der Waals surface area contributed by atoms with Crippen LogP contribution < -0.4 is 5.32 Å². The number of nitriles is 1. The largest absolute Gasteiger partial charge is 0.323 e. The summed E-state index contributed by atoms with van der Waals surface area (Å²) in [6, 6.07) is 5.18. The fourth-order valence-electron chi connectivity index (χ4n) is 2.65. The summed E-state index contributed by atoms with van der Waals surface area (Å²) < 4.78 is 27.2. The zero-order valence-electron chi connectivity index (χ0n) is 13.7. The summed E-state index contributed by atoms with van der Waals surface area (Å²) in [6.45, 7) is -0.375. The minimum absolute atomic E-state index is 0.0145. The molecule has 140 valence electrons. The predicted molar refractivity (Wildman–Crippen MR) is 90.6 cm³/mol. The number of benzene rings is 1. The lowest BCUT2D eigenvalue weighted by atomic mass is 10.1. The molecule has 1 aromatic heterocycles. The summed E-state index contributed by atoms with van der Waals surface area (Å²) in [5, 5.41) is 25.9. The van der Waals surface area contributed by atoms with Crippen LogP contribution in [-0.4, -0.2) is 20.6 Å². The van der Waals surface area contributed by atoms with Crippen LogP contribution in [0.15, 0.2) is 18.2 Å². The summed E-state index contributed by atoms with van der Waals surface area (Å²) in [6.07, 6.45) is -1.31. The number of hydrogen-bond donors (Lipinski definition) is 1. The van der Waals surface area contributed by atoms with Crippen LogP contribution in [0.2, 0.25) is 5.02 Å². The first kappa shape index (κ1) is 18.7. The molecule has 2 aromatic rings. The summed E-state index contributed by atoms with van der Waals surface area (Å²) in [4.78, 5) is 22.4. The fourth-order valence-corrected chi connectivity index (χ4v) is 3.02. The Morgan fingerprint density at radius 1 is 1.52 bits per heavy atom. The second-order valence-corrected chi connectivity index (χ2v) is 6.34. The Balaban J connectivity index is 1.82. The van der Waals surface area contributed by atoms with Crippen molar-refractivity contribution in [2.75, 3.05) is 5.32 Å². The van der Waals surface area contributed by atoms with Crippen molar-refractivity contribution in [3.05, 3.63) is 50.3 Å². The standard InChI is InChI=1S/C16H12ClF2N5O3/c17-13-14(16(18)19)22-23(15(13)8-1-2-8)7-12(25)21-11-4-3-10(24(26)27)5-9(11)6-20/h3-5,8,16H,1-2,7H2,(H,21,25). The van der Waals surface area contributed by atoms with Gasteiger partial charge in [0, 0.05) is 18.1 Å². The van der Waals surface area contributed by atoms with Crippen LogP contribution in [0.5, 0.6) is 0 Å². The van der Waals surface area contributed by atoms with Gasteiger partial charge in [0.2, 0.25) is 5.91 Å². The molecule has 1 amide bonds. The number of halogens is 3. The van der Waals surface area contributed by atoms with Gasteiger partial charge in [-0.25, -0.2) is 8.78 Å². The maximum absolute atomic E-state index is 13.0. The summed E-state index contributed by atoms with van der Waals surface area (Å²) in [5.74, 6) is -0.637. The lowest BCUT2D eigenvalue weighted by Gasteiger charge is -2.09. The van der Waals surface area contributed by atoms with Crippen molar-refractivity contribution in [1.82, 2.24) is 9.78 Å². The molecule has 27 heavy (non-hydrogen) atoms. The number of anilines is 1. The van der Waals surface area contributed by atoms with Gasteiger partial charge >= 0.3 is 0 Å². The van der Waals surface area contributed by atoms with E-state index in [0.717, 1.165) is 29.7 Å². The van der Waals surface area contributed by atoms with Crippen molar-refractivity contribution < 1.29 is 18.5 Å². The van der Waals surface area contributed by atoms with Crippen molar-refractivity contribution in [3.63, 3.8) is 0 Å². The molecule has 1 heterocycles. The molecule has 1 aliphatic rings. The molecule has 11 heteroatoms. The monoisotopic (exact) mass is 395 g/mol. The SMILES string of the molecule is N#Cc1cc([N+](=O)[O-])ccc1NC(=O)Cn1nc(C(F)F)c(Cl)c1C1CC1. The van der Waals surface area contributed by atoms with E-state index < -0.39 is 22.9 Å². The first-order valence-electron chi connectivity index (χ1n) is 7.84. The molecule has 0 radical (unpaired) electrons. The van der Waals surface area contributed by atoms with Crippen LogP contribution in [-0.2, 0) is 11.3 Å². The third-order valence-corrected chi connectivity index (χ3v) is 4.42. The highest BCUT2D eigenvalue weighted by molar-refractivity contribution is 6.32. The van der Waals surface area contributed by atoms with Gasteiger partial charge in [0.25, 0.3) is 12.1 Å². The molecule has 0 saturated heterocycles. The molecule has 1 saturated carbocycles. The van der Waals surface area contributed by atoms with Gasteiger partial charge in [-0.3, -0.25) is 19.6 Å². The van der Waals surface area contributed by atoms with E-state index in [1.807, 2.05) is 0 Å². The van der Waals surface area contributed by atoms with E-state index >= 15 is 0 Å². The second kappa shape index (κ2) is 7.28. The molecule has 0 aliphatic heterocycles. The Kier molecular flexibility index (Phi) is 5.05. The first-order chi connectivity index (χ1) is 12.8. The number of nitro groups is 1. The van der Waals surface area contributed by atoms with Gasteiger partial charge in [0.05, 0.1) is 26.9 Å². The number of alkyl halides is 2. The van der Waals surface area contributed by atoms with E-state index in [1.165, 1.54) is 6.07 Å². The molecule has 0 bridgehead atoms. The Bertz CT molecular complexity index is 966. The van der Waals surface area contributed by atoms with Gasteiger partial charge < -0.3 is 5.32 Å². The zero-order valence-corrected chi connectivity index (χ0v) is 14.4. The van der Waals surface area contributed by atoms with Crippen molar-refractivity contribution in [2.24, 2.45) is 0 Å². The summed E-state index contributed by atoms with van der Waals surface area (Å²) in [5.41, 5.74) is -0.480. The fraction of sp³-hybridized carbons (Fsp3) is 0.312. The lowest BCUT2D eigenvalue weighted by Crippen LogP contribution is -2.21. The van der Waals surface area contributed by atoms with E-state index in [9.17, 15) is 23.7 Å². The number of rotatable bonds is 6. The highest BCUT2D eigenvalue weighted by Crippen LogP contribution is 2.45. The Morgan fingerprint density at radius 2 is 2.22 bits per heavy atom. The third kappa shape index (κ3) is 3.88. The highest BCUT2D eigenvalue weighted by atomic mass is 35.5. The lowest BCUT2D eigenvalue weighted by molar-refractivity contribution is -0.384. The van der Waals surface area contributed by atoms with Crippen molar-refractivity contribution in [3.8, 4) is 6.07 Å². The van der Waals surface area contributed by atoms with Gasteiger partial charge in [0.15, 0.2) is 0 Å². The van der Waals surface area contributed by atoms with E-state index in [2.05, 4.69) is 10.4 Å². The molecule has 0 atom stereocenters. The molecule has 8 nitrogen and oxygen atoms in total. The van der Waals surface area contributed by atoms with E-state index in [0.29, 0.717) is 5.69 Å². The van der Waals surface area contributed by atoms with E-state index in [1.54, 1.807) is 6.07 Å². The molecule has 0 unspecified atom stereocenters. The van der Waals surface area contributed by atoms with Gasteiger partial charge in [-0.05, 0) is 18.9 Å². The molecule has 1 fully saturated rings. The van der Waals surface area contributed by atoms with Gasteiger partial charge in [-0.1, -0.05) is 11.6 Å². The number of carbonyl (C=O) groups excluding carboxylic acids is 1. The molecule has 1 aliphatic carbocycles. The van der Waals surface area contributed by atoms with E-state index in [4.69, 9.17) is 16.9 Å². The van der Waals surface area contributed by atoms with Crippen LogP contribution in [0, 0.1) is 21.4 Å². The van der Waals surface area contributed by atoms with E-state index in [-0.39, 0.29) is 34.4 Å². The minimum atomic E-state index is -2.86. The Hall–Kier alpha value is -3.06. The number of nitrogens with one attached hydrogen (secondary N) is 1. The van der Waals surface area contributed by atoms with Crippen molar-refractivity contribution in [2.45, 2.75) is 31.7 Å². The maximum atomic E-state index is 13.0. The van der Waals surface area contributed by atoms with Gasteiger partial charge in [-0.15, -0.1) is 0 Å². The number of carbonyl (C=O) groups is 1. The number of amides is 1. The maximum Gasteiger partial charge on any atom is 0.283 e. The van der Waals surface area contributed by atoms with Crippen LogP contribution in [0.4, 0.5) is 20.2 Å². The number of nitro benzene ring substituents is 1. The first-order valence-corrected chi connectivity index (χ1v) is 8.22. The third-order valence-electron chi connectivity index (χ3n) is 4.03. The average molecular weight is 396 g/mol. The number of nitrogens with zero attached hydrogens (tertiary/aromatic N) is 4. The molecule has 0 spiro atoms. The topological polar surface area (TPSA) is 114 Å². The van der Waals surface area contributed by atoms with Gasteiger partial charge in [0.1, 0.15) is 18.3 Å². The Morgan fingerprint density at radius 3 is 2.78 bits per heavy atom. The van der Waals surface area contributed by atoms with Gasteiger partial charge in [-0.2, -0.15) is 10.4 Å². The Labute approximate surface area is 156 Å². The zero-order chi connectivity index (χ0) is 19.7. The second-order valence-electron chi connectivity index (χ2n) is 5.96. The van der Waals surface area contributed by atoms with Crippen molar-refractivity contribution in [1.29, 1.82) is 5.26 Å². The molecule has 1 N–H and O–H groups in total. The van der Waals surface area contributed by atoms with Crippen molar-refractivity contribution >= 4 is 28.9 Å². The highest BCUT2D eigenvalue weighted by Gasteiger charge is 2.34. The average Bonchev–Trinajstić information content (AvgIpc) is 3.39. The van der Waals surface area contributed by atoms with Crippen LogP contribution in [0.25, 0.3) is 0 Å². The summed E-state index contributed by atoms with van der Waals surface area (Å²) >= 11 is 6.00. The summed E-state index contributed by atoms with van der Waals surface area (Å²) in [7, 11) is 0. The molecule has 1 aromatic carbocycles. The van der Waals surface area contributed by atoms with Crippen LogP contribution >= 0.6 is 11.6 Å².